The van der Waals surface area contributed by atoms with Crippen LogP contribution in [-0.4, -0.2) is 24.9 Å². The van der Waals surface area contributed by atoms with Crippen LogP contribution in [0.1, 0.15) is 39.0 Å². The Morgan fingerprint density at radius 3 is 2.64 bits per heavy atom. The summed E-state index contributed by atoms with van der Waals surface area (Å²) in [5, 5.41) is 0. The number of allylic oxidation sites excluding steroid dienone is 1. The first-order chi connectivity index (χ1) is 6.90. The summed E-state index contributed by atoms with van der Waals surface area (Å²) in [5.41, 5.74) is 0. The first kappa shape index (κ1) is 10.2. The van der Waals surface area contributed by atoms with Gasteiger partial charge in [-0.3, -0.25) is 0 Å². The van der Waals surface area contributed by atoms with Crippen molar-refractivity contribution in [1.29, 1.82) is 0 Å². The van der Waals surface area contributed by atoms with E-state index in [1.54, 1.807) is 0 Å². The van der Waals surface area contributed by atoms with Crippen LogP contribution in [0.3, 0.4) is 0 Å². The minimum atomic E-state index is 0.336. The second-order valence-electron chi connectivity index (χ2n) is 4.22. The van der Waals surface area contributed by atoms with Crippen LogP contribution >= 0.6 is 0 Å². The molecule has 2 aliphatic rings. The van der Waals surface area contributed by atoms with E-state index in [4.69, 9.17) is 9.47 Å². The van der Waals surface area contributed by atoms with Gasteiger partial charge in [-0.2, -0.15) is 0 Å². The van der Waals surface area contributed by atoms with E-state index in [0.717, 1.165) is 6.61 Å². The van der Waals surface area contributed by atoms with Crippen LogP contribution in [0.2, 0.25) is 0 Å². The molecule has 2 saturated heterocycles. The number of rotatable bonds is 2. The summed E-state index contributed by atoms with van der Waals surface area (Å²) in [6.45, 7) is 2.98. The zero-order valence-electron chi connectivity index (χ0n) is 8.95. The van der Waals surface area contributed by atoms with E-state index in [9.17, 15) is 0 Å². The molecular formula is C12H20O2. The van der Waals surface area contributed by atoms with Crippen LogP contribution in [0.25, 0.3) is 0 Å². The summed E-state index contributed by atoms with van der Waals surface area (Å²) in [5.74, 6) is 0. The highest BCUT2D eigenvalue weighted by Gasteiger charge is 2.30. The van der Waals surface area contributed by atoms with E-state index in [1.165, 1.54) is 32.1 Å². The lowest BCUT2D eigenvalue weighted by Crippen LogP contribution is -2.35. The summed E-state index contributed by atoms with van der Waals surface area (Å²) in [6.07, 6.45) is 11.3. The third-order valence-electron chi connectivity index (χ3n) is 3.11. The van der Waals surface area contributed by atoms with Gasteiger partial charge in [-0.15, -0.1) is 0 Å². The van der Waals surface area contributed by atoms with Crippen molar-refractivity contribution in [2.45, 2.75) is 57.3 Å². The van der Waals surface area contributed by atoms with Crippen molar-refractivity contribution in [3.8, 4) is 0 Å². The van der Waals surface area contributed by atoms with Crippen LogP contribution in [-0.2, 0) is 9.47 Å². The first-order valence-corrected chi connectivity index (χ1v) is 5.80. The molecule has 0 aromatic carbocycles. The predicted molar refractivity (Wildman–Crippen MR) is 56.3 cm³/mol. The zero-order chi connectivity index (χ0) is 9.80. The van der Waals surface area contributed by atoms with Crippen molar-refractivity contribution < 1.29 is 9.47 Å². The highest BCUT2D eigenvalue weighted by molar-refractivity contribution is 4.91. The van der Waals surface area contributed by atoms with Gasteiger partial charge in [-0.25, -0.2) is 0 Å². The molecule has 0 spiro atoms. The number of ether oxygens (including phenoxy) is 2. The van der Waals surface area contributed by atoms with Crippen LogP contribution in [0, 0.1) is 0 Å². The Morgan fingerprint density at radius 1 is 1.07 bits per heavy atom. The highest BCUT2D eigenvalue weighted by atomic mass is 16.5. The lowest BCUT2D eigenvalue weighted by atomic mass is 9.98. The lowest BCUT2D eigenvalue weighted by molar-refractivity contribution is -0.0945. The van der Waals surface area contributed by atoms with E-state index in [0.29, 0.717) is 18.3 Å². The maximum atomic E-state index is 6.00. The van der Waals surface area contributed by atoms with Crippen molar-refractivity contribution in [2.24, 2.45) is 0 Å². The Kier molecular flexibility index (Phi) is 3.60. The summed E-state index contributed by atoms with van der Waals surface area (Å²) in [4.78, 5) is 0. The third-order valence-corrected chi connectivity index (χ3v) is 3.11. The van der Waals surface area contributed by atoms with Gasteiger partial charge in [0.1, 0.15) is 0 Å². The molecule has 2 aliphatic heterocycles. The maximum Gasteiger partial charge on any atom is 0.0844 e. The van der Waals surface area contributed by atoms with Crippen molar-refractivity contribution >= 4 is 0 Å². The fourth-order valence-corrected chi connectivity index (χ4v) is 2.41. The van der Waals surface area contributed by atoms with Gasteiger partial charge in [0.05, 0.1) is 18.3 Å². The smallest absolute Gasteiger partial charge is 0.0844 e. The molecule has 2 fully saturated rings. The minimum absolute atomic E-state index is 0.336. The molecule has 2 heterocycles. The zero-order valence-corrected chi connectivity index (χ0v) is 8.95. The molecule has 0 amide bonds. The average Bonchev–Trinajstić information content (AvgIpc) is 2.71. The van der Waals surface area contributed by atoms with Gasteiger partial charge in [0, 0.05) is 6.61 Å². The molecule has 0 unspecified atom stereocenters. The Balaban J connectivity index is 1.86. The quantitative estimate of drug-likeness (QED) is 0.632. The van der Waals surface area contributed by atoms with E-state index in [1.807, 2.05) is 0 Å². The molecule has 14 heavy (non-hydrogen) atoms. The number of hydrogen-bond donors (Lipinski definition) is 0. The molecule has 0 bridgehead atoms. The molecular weight excluding hydrogens is 176 g/mol. The van der Waals surface area contributed by atoms with Crippen molar-refractivity contribution in [1.82, 2.24) is 0 Å². The Morgan fingerprint density at radius 2 is 1.93 bits per heavy atom. The van der Waals surface area contributed by atoms with Crippen LogP contribution in [0.15, 0.2) is 12.2 Å². The summed E-state index contributed by atoms with van der Waals surface area (Å²) < 4.78 is 11.7. The average molecular weight is 196 g/mol. The molecule has 0 N–H and O–H groups in total. The molecule has 3 atom stereocenters. The molecule has 2 nitrogen and oxygen atoms in total. The fraction of sp³-hybridized carbons (Fsp3) is 0.833. The molecule has 0 radical (unpaired) electrons. The molecule has 0 saturated carbocycles. The van der Waals surface area contributed by atoms with Crippen LogP contribution in [0.4, 0.5) is 0 Å². The molecule has 2 heteroatoms. The van der Waals surface area contributed by atoms with Crippen molar-refractivity contribution in [3.05, 3.63) is 12.2 Å². The Labute approximate surface area is 86.3 Å². The van der Waals surface area contributed by atoms with Crippen molar-refractivity contribution in [2.75, 3.05) is 6.61 Å². The van der Waals surface area contributed by atoms with E-state index in [2.05, 4.69) is 19.1 Å². The Bertz CT molecular complexity index is 194. The van der Waals surface area contributed by atoms with Gasteiger partial charge in [0.25, 0.3) is 0 Å². The third kappa shape index (κ3) is 2.37. The molecule has 80 valence electrons. The summed E-state index contributed by atoms with van der Waals surface area (Å²) in [7, 11) is 0. The van der Waals surface area contributed by atoms with E-state index in [-0.39, 0.29) is 0 Å². The van der Waals surface area contributed by atoms with Crippen LogP contribution in [0.5, 0.6) is 0 Å². The normalized spacial score (nSPS) is 39.4. The molecule has 0 aliphatic carbocycles. The Hall–Kier alpha value is -0.340. The van der Waals surface area contributed by atoms with E-state index < -0.39 is 0 Å². The summed E-state index contributed by atoms with van der Waals surface area (Å²) in [6, 6.07) is 0. The minimum Gasteiger partial charge on any atom is -0.376 e. The fourth-order valence-electron chi connectivity index (χ4n) is 2.41. The van der Waals surface area contributed by atoms with Gasteiger partial charge in [0.15, 0.2) is 0 Å². The van der Waals surface area contributed by atoms with Gasteiger partial charge in [0.2, 0.25) is 0 Å². The van der Waals surface area contributed by atoms with Crippen LogP contribution < -0.4 is 0 Å². The topological polar surface area (TPSA) is 18.5 Å². The molecule has 2 rings (SSSR count). The lowest BCUT2D eigenvalue weighted by Gasteiger charge is -2.31. The molecule has 0 aromatic heterocycles. The van der Waals surface area contributed by atoms with Gasteiger partial charge in [-0.1, -0.05) is 12.2 Å². The summed E-state index contributed by atoms with van der Waals surface area (Å²) >= 11 is 0. The second kappa shape index (κ2) is 4.94. The molecule has 0 aromatic rings. The van der Waals surface area contributed by atoms with E-state index >= 15 is 0 Å². The first-order valence-electron chi connectivity index (χ1n) is 5.80. The number of hydrogen-bond acceptors (Lipinski definition) is 2. The SMILES string of the molecule is C/C=C/[C@H]1CCC[C@@H]([C@H]2CCCO2)O1. The van der Waals surface area contributed by atoms with Gasteiger partial charge >= 0.3 is 0 Å². The van der Waals surface area contributed by atoms with Crippen molar-refractivity contribution in [3.63, 3.8) is 0 Å². The predicted octanol–water partition coefficient (Wildman–Crippen LogP) is 2.68. The van der Waals surface area contributed by atoms with Gasteiger partial charge in [-0.05, 0) is 39.0 Å². The second-order valence-corrected chi connectivity index (χ2v) is 4.22. The standard InChI is InChI=1S/C12H20O2/c1-2-5-10-6-3-7-12(14-10)11-8-4-9-13-11/h2,5,10-12H,3-4,6-9H2,1H3/b5-2+/t10-,11+,12-/m0/s1. The highest BCUT2D eigenvalue weighted by Crippen LogP contribution is 2.27. The largest absolute Gasteiger partial charge is 0.376 e. The maximum absolute atomic E-state index is 6.00. The van der Waals surface area contributed by atoms with Gasteiger partial charge < -0.3 is 9.47 Å². The monoisotopic (exact) mass is 196 g/mol.